The predicted octanol–water partition coefficient (Wildman–Crippen LogP) is 2.92. The highest BCUT2D eigenvalue weighted by molar-refractivity contribution is 6.06. The number of aryl methyl sites for hydroxylation is 1. The first kappa shape index (κ1) is 15.9. The van der Waals surface area contributed by atoms with Crippen LogP contribution in [0.5, 0.6) is 5.75 Å². The van der Waals surface area contributed by atoms with E-state index in [4.69, 9.17) is 4.74 Å². The Hall–Kier alpha value is -3.55. The summed E-state index contributed by atoms with van der Waals surface area (Å²) in [5, 5.41) is 11.3. The molecule has 0 aliphatic rings. The van der Waals surface area contributed by atoms with Crippen LogP contribution in [0, 0.1) is 5.82 Å². The fourth-order valence-corrected chi connectivity index (χ4v) is 2.82. The van der Waals surface area contributed by atoms with Crippen molar-refractivity contribution in [2.45, 2.75) is 0 Å². The zero-order chi connectivity index (χ0) is 18.3. The Morgan fingerprint density at radius 2 is 2.04 bits per heavy atom. The highest BCUT2D eigenvalue weighted by Gasteiger charge is 2.15. The molecule has 0 atom stereocenters. The van der Waals surface area contributed by atoms with E-state index in [0.717, 1.165) is 5.52 Å². The molecule has 0 saturated heterocycles. The number of methoxy groups -OCH3 is 1. The number of anilines is 1. The Labute approximate surface area is 147 Å². The summed E-state index contributed by atoms with van der Waals surface area (Å²) >= 11 is 0. The van der Waals surface area contributed by atoms with Gasteiger partial charge in [-0.3, -0.25) is 10.1 Å². The first-order valence-electron chi connectivity index (χ1n) is 7.80. The van der Waals surface area contributed by atoms with Gasteiger partial charge in [0.15, 0.2) is 5.65 Å². The summed E-state index contributed by atoms with van der Waals surface area (Å²) < 4.78 is 20.4. The lowest BCUT2D eigenvalue weighted by molar-refractivity contribution is 0.102. The van der Waals surface area contributed by atoms with Crippen LogP contribution < -0.4 is 10.1 Å². The van der Waals surface area contributed by atoms with Gasteiger partial charge in [-0.05, 0) is 36.4 Å². The second-order valence-corrected chi connectivity index (χ2v) is 5.71. The number of halogens is 1. The number of benzene rings is 2. The number of hydrogen-bond acceptors (Lipinski definition) is 5. The lowest BCUT2D eigenvalue weighted by Crippen LogP contribution is -2.15. The van der Waals surface area contributed by atoms with Crippen molar-refractivity contribution >= 4 is 33.9 Å². The Bertz CT molecular complexity index is 1160. The Morgan fingerprint density at radius 1 is 1.19 bits per heavy atom. The Balaban J connectivity index is 1.72. The second kappa shape index (κ2) is 6.07. The van der Waals surface area contributed by atoms with Crippen LogP contribution in [0.1, 0.15) is 10.4 Å². The van der Waals surface area contributed by atoms with Gasteiger partial charge in [0, 0.05) is 18.0 Å². The molecule has 26 heavy (non-hydrogen) atoms. The predicted molar refractivity (Wildman–Crippen MR) is 94.7 cm³/mol. The molecule has 2 heterocycles. The Morgan fingerprint density at radius 3 is 2.85 bits per heavy atom. The zero-order valence-corrected chi connectivity index (χ0v) is 14.0. The van der Waals surface area contributed by atoms with E-state index in [-0.39, 0.29) is 17.7 Å². The van der Waals surface area contributed by atoms with Gasteiger partial charge in [-0.15, -0.1) is 10.2 Å². The largest absolute Gasteiger partial charge is 0.497 e. The van der Waals surface area contributed by atoms with E-state index in [0.29, 0.717) is 27.9 Å². The van der Waals surface area contributed by atoms with Gasteiger partial charge in [-0.25, -0.2) is 4.39 Å². The molecule has 0 spiro atoms. The summed E-state index contributed by atoms with van der Waals surface area (Å²) in [6.07, 6.45) is 0. The van der Waals surface area contributed by atoms with E-state index in [1.54, 1.807) is 41.9 Å². The van der Waals surface area contributed by atoms with Crippen LogP contribution in [0.25, 0.3) is 22.1 Å². The normalized spacial score (nSPS) is 11.0. The van der Waals surface area contributed by atoms with Gasteiger partial charge in [0.1, 0.15) is 17.1 Å². The number of nitrogens with zero attached hydrogens (tertiary/aromatic N) is 4. The number of rotatable bonds is 3. The number of hydrogen-bond donors (Lipinski definition) is 1. The van der Waals surface area contributed by atoms with Crippen LogP contribution in [0.15, 0.2) is 42.5 Å². The average molecular weight is 351 g/mol. The molecule has 4 rings (SSSR count). The number of nitrogens with one attached hydrogen (secondary N) is 1. The smallest absolute Gasteiger partial charge is 0.258 e. The number of ether oxygens (including phenoxy) is 1. The Kier molecular flexibility index (Phi) is 3.72. The number of fused-ring (bicyclic) bond motifs is 3. The lowest BCUT2D eigenvalue weighted by Gasteiger charge is -2.05. The second-order valence-electron chi connectivity index (χ2n) is 5.71. The van der Waals surface area contributed by atoms with Crippen LogP contribution in [0.4, 0.5) is 10.3 Å². The highest BCUT2D eigenvalue weighted by Crippen LogP contribution is 2.26. The van der Waals surface area contributed by atoms with Gasteiger partial charge in [-0.1, -0.05) is 6.07 Å². The molecule has 0 radical (unpaired) electrons. The molecule has 0 saturated carbocycles. The molecule has 0 bridgehead atoms. The minimum Gasteiger partial charge on any atom is -0.497 e. The van der Waals surface area contributed by atoms with Gasteiger partial charge >= 0.3 is 0 Å². The fraction of sp³-hybridized carbons (Fsp3) is 0.111. The summed E-state index contributed by atoms with van der Waals surface area (Å²) in [7, 11) is 3.33. The minimum atomic E-state index is -0.380. The van der Waals surface area contributed by atoms with Crippen LogP contribution in [0.2, 0.25) is 0 Å². The molecular weight excluding hydrogens is 337 g/mol. The summed E-state index contributed by atoms with van der Waals surface area (Å²) in [4.78, 5) is 16.7. The third kappa shape index (κ3) is 2.61. The van der Waals surface area contributed by atoms with E-state index in [2.05, 4.69) is 20.5 Å². The van der Waals surface area contributed by atoms with Crippen LogP contribution in [-0.2, 0) is 7.05 Å². The van der Waals surface area contributed by atoms with Crippen molar-refractivity contribution < 1.29 is 13.9 Å². The van der Waals surface area contributed by atoms with E-state index in [1.807, 2.05) is 0 Å². The van der Waals surface area contributed by atoms with Crippen molar-refractivity contribution in [2.24, 2.45) is 7.05 Å². The van der Waals surface area contributed by atoms with Crippen molar-refractivity contribution in [1.29, 1.82) is 0 Å². The molecule has 7 nitrogen and oxygen atoms in total. The minimum absolute atomic E-state index is 0.0664. The highest BCUT2D eigenvalue weighted by atomic mass is 19.1. The number of carbonyl (C=O) groups excluding carboxylic acids is 1. The molecule has 1 N–H and O–H groups in total. The molecule has 0 fully saturated rings. The van der Waals surface area contributed by atoms with Gasteiger partial charge in [0.25, 0.3) is 11.9 Å². The maximum atomic E-state index is 13.5. The number of amides is 1. The van der Waals surface area contributed by atoms with Gasteiger partial charge in [-0.2, -0.15) is 4.98 Å². The number of carbonyl (C=O) groups is 1. The maximum Gasteiger partial charge on any atom is 0.258 e. The number of aromatic nitrogens is 4. The van der Waals surface area contributed by atoms with Crippen molar-refractivity contribution in [3.8, 4) is 5.75 Å². The third-order valence-electron chi connectivity index (χ3n) is 4.12. The molecule has 1 amide bonds. The van der Waals surface area contributed by atoms with Crippen molar-refractivity contribution in [3.05, 3.63) is 53.8 Å². The topological polar surface area (TPSA) is 81.9 Å². The maximum absolute atomic E-state index is 13.5. The van der Waals surface area contributed by atoms with E-state index < -0.39 is 0 Å². The molecule has 0 aliphatic carbocycles. The molecular formula is C18H14FN5O2. The molecule has 0 unspecified atom stereocenters. The van der Waals surface area contributed by atoms with Crippen molar-refractivity contribution in [3.63, 3.8) is 0 Å². The molecule has 8 heteroatoms. The summed E-state index contributed by atoms with van der Waals surface area (Å²) in [6.45, 7) is 0. The monoisotopic (exact) mass is 351 g/mol. The summed E-state index contributed by atoms with van der Waals surface area (Å²) in [5.74, 6) is -0.100. The zero-order valence-electron chi connectivity index (χ0n) is 14.0. The summed E-state index contributed by atoms with van der Waals surface area (Å²) in [5.41, 5.74) is 2.16. The van der Waals surface area contributed by atoms with Crippen molar-refractivity contribution in [2.75, 3.05) is 12.4 Å². The lowest BCUT2D eigenvalue weighted by atomic mass is 10.2. The molecule has 2 aromatic carbocycles. The molecule has 4 aromatic rings. The quantitative estimate of drug-likeness (QED) is 0.614. The van der Waals surface area contributed by atoms with E-state index >= 15 is 0 Å². The molecule has 0 aliphatic heterocycles. The SMILES string of the molecule is COc1cccc(C(=O)Nc2nnc3c4cc(F)ccc4n(C)c3n2)c1. The first-order chi connectivity index (χ1) is 12.6. The van der Waals surface area contributed by atoms with E-state index in [1.165, 1.54) is 19.2 Å². The van der Waals surface area contributed by atoms with Crippen LogP contribution >= 0.6 is 0 Å². The van der Waals surface area contributed by atoms with Crippen LogP contribution in [-0.4, -0.2) is 32.8 Å². The van der Waals surface area contributed by atoms with Gasteiger partial charge < -0.3 is 9.30 Å². The van der Waals surface area contributed by atoms with Gasteiger partial charge in [0.05, 0.1) is 12.6 Å². The summed E-state index contributed by atoms with van der Waals surface area (Å²) in [6, 6.07) is 11.2. The van der Waals surface area contributed by atoms with E-state index in [9.17, 15) is 9.18 Å². The fourth-order valence-electron chi connectivity index (χ4n) is 2.82. The average Bonchev–Trinajstić information content (AvgIpc) is 2.93. The molecule has 130 valence electrons. The van der Waals surface area contributed by atoms with Crippen LogP contribution in [0.3, 0.4) is 0 Å². The van der Waals surface area contributed by atoms with Crippen molar-refractivity contribution in [1.82, 2.24) is 19.7 Å². The van der Waals surface area contributed by atoms with Gasteiger partial charge in [0.2, 0.25) is 0 Å². The third-order valence-corrected chi connectivity index (χ3v) is 4.12. The standard InChI is InChI=1S/C18H14FN5O2/c1-24-14-7-6-11(19)9-13(14)15-16(24)20-18(23-22-15)21-17(25)10-4-3-5-12(8-10)26-2/h3-9H,1-2H3,(H,20,21,23,25). The molecule has 2 aromatic heterocycles. The first-order valence-corrected chi connectivity index (χ1v) is 7.80.